The van der Waals surface area contributed by atoms with Crippen molar-refractivity contribution in [3.63, 3.8) is 0 Å². The van der Waals surface area contributed by atoms with Crippen molar-refractivity contribution in [2.24, 2.45) is 22.2 Å². The highest BCUT2D eigenvalue weighted by Crippen LogP contribution is 2.19. The number of nitrogens with two attached hydrogens (primary N) is 3. The summed E-state index contributed by atoms with van der Waals surface area (Å²) in [6.07, 6.45) is 3.16. The summed E-state index contributed by atoms with van der Waals surface area (Å²) in [6.45, 7) is 0.826. The lowest BCUT2D eigenvalue weighted by Crippen LogP contribution is -2.57. The number of hydrogen-bond donors (Lipinski definition) is 9. The van der Waals surface area contributed by atoms with Crippen molar-refractivity contribution in [3.05, 3.63) is 36.0 Å². The highest BCUT2D eigenvalue weighted by Gasteiger charge is 2.31. The molecule has 0 bridgehead atoms. The van der Waals surface area contributed by atoms with E-state index in [1.807, 2.05) is 24.3 Å². The average Bonchev–Trinajstić information content (AvgIpc) is 3.62. The maximum atomic E-state index is 13.4. The quantitative estimate of drug-likeness (QED) is 0.0618. The number of carbonyl (C=O) groups excluding carboxylic acids is 4. The van der Waals surface area contributed by atoms with Crippen LogP contribution in [0.1, 0.15) is 44.1 Å². The number of nitrogens with zero attached hydrogens (tertiary/aromatic N) is 1. The maximum Gasteiger partial charge on any atom is 0.326 e. The molecule has 1 aliphatic rings. The van der Waals surface area contributed by atoms with Crippen LogP contribution in [0.2, 0.25) is 0 Å². The Kier molecular flexibility index (Phi) is 11.7. The van der Waals surface area contributed by atoms with E-state index in [1.165, 1.54) is 0 Å². The van der Waals surface area contributed by atoms with Gasteiger partial charge in [-0.3, -0.25) is 24.2 Å². The number of H-pyrrole nitrogens is 1. The molecule has 1 fully saturated rings. The first-order chi connectivity index (χ1) is 20.0. The summed E-state index contributed by atoms with van der Waals surface area (Å²) < 4.78 is 0. The molecule has 0 aliphatic carbocycles. The number of fused-ring (bicyclic) bond motifs is 1. The second-order valence-electron chi connectivity index (χ2n) is 10.2. The first-order valence-corrected chi connectivity index (χ1v) is 13.8. The van der Waals surface area contributed by atoms with Crippen molar-refractivity contribution in [2.45, 2.75) is 69.1 Å². The number of aromatic nitrogens is 1. The lowest BCUT2D eigenvalue weighted by Gasteiger charge is -2.25. The van der Waals surface area contributed by atoms with E-state index >= 15 is 0 Å². The molecule has 1 aromatic carbocycles. The molecule has 4 unspecified atom stereocenters. The van der Waals surface area contributed by atoms with Crippen LogP contribution in [0.25, 0.3) is 10.9 Å². The number of rotatable bonds is 16. The predicted octanol–water partition coefficient (Wildman–Crippen LogP) is -1.68. The summed E-state index contributed by atoms with van der Waals surface area (Å²) in [5.41, 5.74) is 17.5. The molecule has 3 rings (SSSR count). The molecule has 2 heterocycles. The molecule has 15 nitrogen and oxygen atoms in total. The highest BCUT2D eigenvalue weighted by molar-refractivity contribution is 5.94. The highest BCUT2D eigenvalue weighted by atomic mass is 16.4. The number of carbonyl (C=O) groups is 5. The summed E-state index contributed by atoms with van der Waals surface area (Å²) in [6, 6.07) is 3.25. The van der Waals surface area contributed by atoms with Gasteiger partial charge in [-0.1, -0.05) is 18.2 Å². The van der Waals surface area contributed by atoms with E-state index in [0.717, 1.165) is 17.3 Å². The Morgan fingerprint density at radius 3 is 2.31 bits per heavy atom. The van der Waals surface area contributed by atoms with Gasteiger partial charge in [-0.15, -0.1) is 0 Å². The van der Waals surface area contributed by atoms with Gasteiger partial charge in [0.1, 0.15) is 18.1 Å². The molecular formula is C27H39N9O6. The molecule has 4 atom stereocenters. The van der Waals surface area contributed by atoms with Crippen molar-refractivity contribution < 1.29 is 29.1 Å². The van der Waals surface area contributed by atoms with E-state index in [-0.39, 0.29) is 44.6 Å². The summed E-state index contributed by atoms with van der Waals surface area (Å²) in [5.74, 6) is -3.91. The van der Waals surface area contributed by atoms with Gasteiger partial charge in [-0.2, -0.15) is 0 Å². The van der Waals surface area contributed by atoms with Crippen LogP contribution in [0.15, 0.2) is 35.5 Å². The molecule has 2 aromatic rings. The van der Waals surface area contributed by atoms with Gasteiger partial charge in [0.15, 0.2) is 5.96 Å². The Hall–Kier alpha value is -4.66. The third kappa shape index (κ3) is 9.47. The number of aromatic amines is 1. The lowest BCUT2D eigenvalue weighted by molar-refractivity contribution is -0.142. The molecule has 12 N–H and O–H groups in total. The number of nitrogens with one attached hydrogen (secondary N) is 5. The van der Waals surface area contributed by atoms with Gasteiger partial charge in [0.25, 0.3) is 0 Å². The fraction of sp³-hybridized carbons (Fsp3) is 0.481. The first-order valence-electron chi connectivity index (χ1n) is 13.8. The second kappa shape index (κ2) is 15.4. The van der Waals surface area contributed by atoms with Gasteiger partial charge in [0.05, 0.1) is 6.04 Å². The van der Waals surface area contributed by atoms with Gasteiger partial charge < -0.3 is 48.6 Å². The fourth-order valence-corrected chi connectivity index (χ4v) is 4.77. The molecule has 4 amide bonds. The minimum atomic E-state index is -1.30. The van der Waals surface area contributed by atoms with Crippen molar-refractivity contribution >= 4 is 46.5 Å². The number of amides is 4. The van der Waals surface area contributed by atoms with Crippen molar-refractivity contribution in [1.82, 2.24) is 26.3 Å². The monoisotopic (exact) mass is 585 g/mol. The van der Waals surface area contributed by atoms with Crippen LogP contribution >= 0.6 is 0 Å². The first kappa shape index (κ1) is 31.9. The Labute approximate surface area is 242 Å². The van der Waals surface area contributed by atoms with Crippen molar-refractivity contribution in [1.29, 1.82) is 0 Å². The van der Waals surface area contributed by atoms with Crippen LogP contribution in [-0.4, -0.2) is 82.9 Å². The number of primary amides is 1. The molecule has 228 valence electrons. The van der Waals surface area contributed by atoms with Gasteiger partial charge in [0.2, 0.25) is 23.6 Å². The number of carboxylic acids is 1. The summed E-state index contributed by atoms with van der Waals surface area (Å²) >= 11 is 0. The van der Waals surface area contributed by atoms with Crippen LogP contribution < -0.4 is 38.5 Å². The Morgan fingerprint density at radius 1 is 0.976 bits per heavy atom. The number of aliphatic carboxylic acids is 1. The van der Waals surface area contributed by atoms with Crippen LogP contribution in [0.4, 0.5) is 0 Å². The van der Waals surface area contributed by atoms with E-state index in [1.54, 1.807) is 6.20 Å². The average molecular weight is 586 g/mol. The SMILES string of the molecule is NC(=O)CCC(NC(=O)C1CCCN1)C(=O)NC(CCCN=C(N)N)C(=O)NC(Cc1c[nH]c2ccccc12)C(=O)O. The molecule has 42 heavy (non-hydrogen) atoms. The number of aliphatic imine (C=N–C) groups is 1. The molecule has 1 aliphatic heterocycles. The van der Waals surface area contributed by atoms with Crippen LogP contribution in [0, 0.1) is 0 Å². The topological polar surface area (TPSA) is 260 Å². The predicted molar refractivity (Wildman–Crippen MR) is 155 cm³/mol. The zero-order valence-electron chi connectivity index (χ0n) is 23.2. The summed E-state index contributed by atoms with van der Waals surface area (Å²) in [4.78, 5) is 69.9. The fourth-order valence-electron chi connectivity index (χ4n) is 4.77. The summed E-state index contributed by atoms with van der Waals surface area (Å²) in [5, 5.41) is 21.5. The van der Waals surface area contributed by atoms with Gasteiger partial charge >= 0.3 is 5.97 Å². The number of guanidine groups is 1. The number of para-hydroxylation sites is 1. The lowest BCUT2D eigenvalue weighted by atomic mass is 10.0. The van der Waals surface area contributed by atoms with E-state index in [9.17, 15) is 29.1 Å². The van der Waals surface area contributed by atoms with Crippen LogP contribution in [-0.2, 0) is 30.4 Å². The Balaban J connectivity index is 1.75. The Bertz CT molecular complexity index is 1300. The molecular weight excluding hydrogens is 546 g/mol. The van der Waals surface area contributed by atoms with Crippen molar-refractivity contribution in [2.75, 3.05) is 13.1 Å². The molecule has 0 saturated carbocycles. The minimum absolute atomic E-state index is 0.00850. The largest absolute Gasteiger partial charge is 0.480 e. The summed E-state index contributed by atoms with van der Waals surface area (Å²) in [7, 11) is 0. The Morgan fingerprint density at radius 2 is 1.67 bits per heavy atom. The van der Waals surface area contributed by atoms with E-state index in [2.05, 4.69) is 31.2 Å². The third-order valence-electron chi connectivity index (χ3n) is 6.98. The number of benzene rings is 1. The van der Waals surface area contributed by atoms with Gasteiger partial charge in [-0.25, -0.2) is 4.79 Å². The standard InChI is InChI=1S/C27H39N9O6/c28-22(37)10-9-20(35-23(38)18-7-3-11-31-18)25(40)34-19(8-4-12-32-27(29)30)24(39)36-21(26(41)42)13-15-14-33-17-6-2-1-5-16(15)17/h1-2,5-6,14,18-21,31,33H,3-4,7-13H2,(H2,28,37)(H,34,40)(H,35,38)(H,36,39)(H,41,42)(H4,29,30,32). The number of hydrogen-bond acceptors (Lipinski definition) is 7. The van der Waals surface area contributed by atoms with E-state index in [4.69, 9.17) is 17.2 Å². The normalized spacial score (nSPS) is 16.6. The molecule has 1 aromatic heterocycles. The zero-order chi connectivity index (χ0) is 30.6. The molecule has 1 saturated heterocycles. The maximum absolute atomic E-state index is 13.4. The zero-order valence-corrected chi connectivity index (χ0v) is 23.2. The van der Waals surface area contributed by atoms with Crippen LogP contribution in [0.3, 0.4) is 0 Å². The third-order valence-corrected chi connectivity index (χ3v) is 6.98. The van der Waals surface area contributed by atoms with E-state index in [0.29, 0.717) is 18.5 Å². The minimum Gasteiger partial charge on any atom is -0.480 e. The second-order valence-corrected chi connectivity index (χ2v) is 10.2. The van der Waals surface area contributed by atoms with Gasteiger partial charge in [-0.05, 0) is 50.3 Å². The smallest absolute Gasteiger partial charge is 0.326 e. The number of carboxylic acid groups (broad SMARTS) is 1. The molecule has 0 spiro atoms. The van der Waals surface area contributed by atoms with Crippen LogP contribution in [0.5, 0.6) is 0 Å². The van der Waals surface area contributed by atoms with Crippen molar-refractivity contribution in [3.8, 4) is 0 Å². The van der Waals surface area contributed by atoms with Gasteiger partial charge in [0, 0.05) is 36.5 Å². The van der Waals surface area contributed by atoms with E-state index < -0.39 is 53.8 Å². The molecule has 0 radical (unpaired) electrons. The molecule has 15 heteroatoms.